The first-order valence-electron chi connectivity index (χ1n) is 13.2. The number of benzene rings is 4. The highest BCUT2D eigenvalue weighted by Crippen LogP contribution is 2.27. The smallest absolute Gasteiger partial charge is 0.264 e. The number of halogens is 2. The Hall–Kier alpha value is -4.02. The van der Waals surface area contributed by atoms with Crippen molar-refractivity contribution in [2.45, 2.75) is 30.8 Å². The number of rotatable bonds is 11. The maximum Gasteiger partial charge on any atom is 0.264 e. The van der Waals surface area contributed by atoms with Gasteiger partial charge in [0.2, 0.25) is 11.8 Å². The minimum atomic E-state index is -4.37. The van der Waals surface area contributed by atoms with Crippen LogP contribution < -0.4 is 9.62 Å². The van der Waals surface area contributed by atoms with E-state index in [2.05, 4.69) is 21.2 Å². The Labute approximate surface area is 254 Å². The molecule has 0 fully saturated rings. The standard InChI is InChI=1S/C32H31BrFN3O4S/c1-23-12-18-27(19-13-23)42(40,41)37(29-11-7-6-10-28(29)34)22-31(38)36(21-25-14-16-26(33)17-15-25)30(32(39)35-2)20-24-8-4-3-5-9-24/h3-19,30H,20-22H2,1-2H3,(H,35,39)/t30-/m1/s1. The van der Waals surface area contributed by atoms with Gasteiger partial charge < -0.3 is 10.2 Å². The normalized spacial score (nSPS) is 11.9. The lowest BCUT2D eigenvalue weighted by molar-refractivity contribution is -0.139. The summed E-state index contributed by atoms with van der Waals surface area (Å²) < 4.78 is 44.5. The van der Waals surface area contributed by atoms with Crippen molar-refractivity contribution >= 4 is 43.5 Å². The number of nitrogens with zero attached hydrogens (tertiary/aromatic N) is 2. The summed E-state index contributed by atoms with van der Waals surface area (Å²) in [6.07, 6.45) is 0.188. The number of anilines is 1. The first-order chi connectivity index (χ1) is 20.1. The SMILES string of the molecule is CNC(=O)[C@@H](Cc1ccccc1)N(Cc1ccc(Br)cc1)C(=O)CN(c1ccccc1F)S(=O)(=O)c1ccc(C)cc1. The minimum Gasteiger partial charge on any atom is -0.357 e. The number of hydrogen-bond acceptors (Lipinski definition) is 4. The molecule has 0 heterocycles. The highest BCUT2D eigenvalue weighted by atomic mass is 79.9. The second-order valence-electron chi connectivity index (χ2n) is 9.74. The summed E-state index contributed by atoms with van der Waals surface area (Å²) in [7, 11) is -2.89. The van der Waals surface area contributed by atoms with E-state index in [0.29, 0.717) is 0 Å². The third-order valence-corrected chi connectivity index (χ3v) is 9.10. The second-order valence-corrected chi connectivity index (χ2v) is 12.5. The van der Waals surface area contributed by atoms with Gasteiger partial charge in [-0.05, 0) is 54.4 Å². The molecular formula is C32H31BrFN3O4S. The molecule has 218 valence electrons. The van der Waals surface area contributed by atoms with E-state index in [1.807, 2.05) is 61.5 Å². The molecule has 2 amide bonds. The van der Waals surface area contributed by atoms with E-state index in [1.54, 1.807) is 12.1 Å². The largest absolute Gasteiger partial charge is 0.357 e. The van der Waals surface area contributed by atoms with E-state index in [-0.39, 0.29) is 23.5 Å². The molecule has 1 atom stereocenters. The number of carbonyl (C=O) groups excluding carboxylic acids is 2. The molecule has 0 saturated carbocycles. The number of aryl methyl sites for hydroxylation is 1. The molecule has 0 aliphatic rings. The first kappa shape index (κ1) is 30.9. The third-order valence-electron chi connectivity index (χ3n) is 6.79. The van der Waals surface area contributed by atoms with Gasteiger partial charge in [-0.15, -0.1) is 0 Å². The van der Waals surface area contributed by atoms with Crippen LogP contribution in [0.3, 0.4) is 0 Å². The van der Waals surface area contributed by atoms with Gasteiger partial charge in [0, 0.05) is 24.5 Å². The highest BCUT2D eigenvalue weighted by Gasteiger charge is 2.35. The van der Waals surface area contributed by atoms with Crippen LogP contribution in [-0.2, 0) is 32.6 Å². The molecule has 0 spiro atoms. The molecule has 0 radical (unpaired) electrons. The lowest BCUT2D eigenvalue weighted by Gasteiger charge is -2.33. The number of hydrogen-bond donors (Lipinski definition) is 1. The molecule has 0 unspecified atom stereocenters. The molecule has 4 rings (SSSR count). The van der Waals surface area contributed by atoms with Crippen LogP contribution in [0.4, 0.5) is 10.1 Å². The van der Waals surface area contributed by atoms with Crippen molar-refractivity contribution in [3.63, 3.8) is 0 Å². The van der Waals surface area contributed by atoms with Crippen LogP contribution >= 0.6 is 15.9 Å². The van der Waals surface area contributed by atoms with Gasteiger partial charge in [-0.25, -0.2) is 12.8 Å². The van der Waals surface area contributed by atoms with Crippen molar-refractivity contribution < 1.29 is 22.4 Å². The van der Waals surface area contributed by atoms with Crippen molar-refractivity contribution in [2.75, 3.05) is 17.9 Å². The Morgan fingerprint density at radius 1 is 0.857 bits per heavy atom. The maximum atomic E-state index is 15.1. The molecule has 42 heavy (non-hydrogen) atoms. The van der Waals surface area contributed by atoms with Gasteiger partial charge in [0.25, 0.3) is 10.0 Å². The number of amides is 2. The quantitative estimate of drug-likeness (QED) is 0.233. The van der Waals surface area contributed by atoms with Gasteiger partial charge in [0.15, 0.2) is 0 Å². The summed E-state index contributed by atoms with van der Waals surface area (Å²) in [5, 5.41) is 2.64. The molecule has 10 heteroatoms. The Balaban J connectivity index is 1.79. The average molecular weight is 653 g/mol. The lowest BCUT2D eigenvalue weighted by atomic mass is 10.0. The van der Waals surface area contributed by atoms with Crippen LogP contribution in [0.1, 0.15) is 16.7 Å². The third kappa shape index (κ3) is 7.43. The molecule has 0 aliphatic carbocycles. The summed E-state index contributed by atoms with van der Waals surface area (Å²) in [4.78, 5) is 28.7. The zero-order valence-corrected chi connectivity index (χ0v) is 25.6. The van der Waals surface area contributed by atoms with E-state index in [9.17, 15) is 18.0 Å². The van der Waals surface area contributed by atoms with Gasteiger partial charge in [-0.1, -0.05) is 88.2 Å². The molecule has 0 aromatic heterocycles. The second kappa shape index (κ2) is 13.8. The van der Waals surface area contributed by atoms with Crippen molar-refractivity contribution in [2.24, 2.45) is 0 Å². The maximum absolute atomic E-state index is 15.1. The van der Waals surface area contributed by atoms with Crippen LogP contribution in [0.25, 0.3) is 0 Å². The lowest BCUT2D eigenvalue weighted by Crippen LogP contribution is -2.53. The number of nitrogens with one attached hydrogen (secondary N) is 1. The van der Waals surface area contributed by atoms with Crippen LogP contribution in [0.15, 0.2) is 112 Å². The van der Waals surface area contributed by atoms with Gasteiger partial charge in [0.05, 0.1) is 10.6 Å². The van der Waals surface area contributed by atoms with Gasteiger partial charge >= 0.3 is 0 Å². The van der Waals surface area contributed by atoms with Crippen molar-refractivity contribution in [1.82, 2.24) is 10.2 Å². The first-order valence-corrected chi connectivity index (χ1v) is 15.5. The fraction of sp³-hybridized carbons (Fsp3) is 0.188. The highest BCUT2D eigenvalue weighted by molar-refractivity contribution is 9.10. The molecule has 1 N–H and O–H groups in total. The summed E-state index contributed by atoms with van der Waals surface area (Å²) >= 11 is 3.41. The molecule has 0 saturated heterocycles. The molecule has 4 aromatic rings. The average Bonchev–Trinajstić information content (AvgIpc) is 2.99. The predicted molar refractivity (Wildman–Crippen MR) is 165 cm³/mol. The van der Waals surface area contributed by atoms with Gasteiger partial charge in [-0.2, -0.15) is 0 Å². The number of sulfonamides is 1. The summed E-state index contributed by atoms with van der Waals surface area (Å²) in [6.45, 7) is 1.11. The van der Waals surface area contributed by atoms with Crippen LogP contribution in [0, 0.1) is 12.7 Å². The Bertz CT molecular complexity index is 1630. The summed E-state index contributed by atoms with van der Waals surface area (Å²) in [6, 6.07) is 27.0. The van der Waals surface area contributed by atoms with E-state index < -0.39 is 40.2 Å². The Kier molecular flexibility index (Phi) is 10.1. The minimum absolute atomic E-state index is 0.0206. The van der Waals surface area contributed by atoms with Crippen molar-refractivity contribution in [3.05, 3.63) is 130 Å². The molecule has 7 nitrogen and oxygen atoms in total. The fourth-order valence-corrected chi connectivity index (χ4v) is 6.20. The van der Waals surface area contributed by atoms with E-state index in [1.165, 1.54) is 42.3 Å². The summed E-state index contributed by atoms with van der Waals surface area (Å²) in [5.74, 6) is -1.88. The van der Waals surface area contributed by atoms with Crippen molar-refractivity contribution in [3.8, 4) is 0 Å². The fourth-order valence-electron chi connectivity index (χ4n) is 4.51. The van der Waals surface area contributed by atoms with Crippen LogP contribution in [0.2, 0.25) is 0 Å². The van der Waals surface area contributed by atoms with Crippen LogP contribution in [0.5, 0.6) is 0 Å². The van der Waals surface area contributed by atoms with Gasteiger partial charge in [0.1, 0.15) is 18.4 Å². The van der Waals surface area contributed by atoms with E-state index in [4.69, 9.17) is 0 Å². The van der Waals surface area contributed by atoms with Crippen LogP contribution in [-0.4, -0.2) is 44.8 Å². The predicted octanol–water partition coefficient (Wildman–Crippen LogP) is 5.48. The molecule has 0 aliphatic heterocycles. The Morgan fingerprint density at radius 3 is 2.10 bits per heavy atom. The molecule has 0 bridgehead atoms. The monoisotopic (exact) mass is 651 g/mol. The summed E-state index contributed by atoms with van der Waals surface area (Å²) in [5.41, 5.74) is 2.12. The number of para-hydroxylation sites is 1. The zero-order chi connectivity index (χ0) is 30.3. The molecular weight excluding hydrogens is 621 g/mol. The van der Waals surface area contributed by atoms with E-state index >= 15 is 4.39 Å². The number of likely N-dealkylation sites (N-methyl/N-ethyl adjacent to an activating group) is 1. The number of carbonyl (C=O) groups is 2. The Morgan fingerprint density at radius 2 is 1.48 bits per heavy atom. The topological polar surface area (TPSA) is 86.8 Å². The van der Waals surface area contributed by atoms with E-state index in [0.717, 1.165) is 31.5 Å². The van der Waals surface area contributed by atoms with Crippen molar-refractivity contribution in [1.29, 1.82) is 0 Å². The zero-order valence-electron chi connectivity index (χ0n) is 23.2. The molecule has 4 aromatic carbocycles. The van der Waals surface area contributed by atoms with Gasteiger partial charge in [-0.3, -0.25) is 13.9 Å².